The van der Waals surface area contributed by atoms with Gasteiger partial charge in [0.15, 0.2) is 5.78 Å². The topological polar surface area (TPSA) is 54.5 Å². The van der Waals surface area contributed by atoms with Gasteiger partial charge in [-0.15, -0.1) is 0 Å². The third-order valence-electron chi connectivity index (χ3n) is 3.38. The Labute approximate surface area is 129 Å². The molecular weight excluding hydrogens is 334 g/mol. The van der Waals surface area contributed by atoms with E-state index in [9.17, 15) is 14.4 Å². The van der Waals surface area contributed by atoms with Crippen molar-refractivity contribution in [2.45, 2.75) is 6.92 Å². The number of Topliss-reactive ketones (excluding diaryl/α,β-unsaturated/α-hetero) is 1. The Morgan fingerprint density at radius 2 is 1.57 bits per heavy atom. The van der Waals surface area contributed by atoms with Gasteiger partial charge < -0.3 is 0 Å². The average molecular weight is 344 g/mol. The number of anilines is 1. The first-order valence-electron chi connectivity index (χ1n) is 6.28. The third-order valence-corrected chi connectivity index (χ3v) is 3.87. The summed E-state index contributed by atoms with van der Waals surface area (Å²) in [5, 5.41) is 0. The Bertz CT molecular complexity index is 781. The highest BCUT2D eigenvalue weighted by Gasteiger charge is 2.36. The molecule has 0 fully saturated rings. The summed E-state index contributed by atoms with van der Waals surface area (Å²) in [6.07, 6.45) is 0. The predicted octanol–water partition coefficient (Wildman–Crippen LogP) is 3.45. The monoisotopic (exact) mass is 343 g/mol. The van der Waals surface area contributed by atoms with E-state index in [1.165, 1.54) is 6.92 Å². The van der Waals surface area contributed by atoms with Gasteiger partial charge in [0.05, 0.1) is 16.8 Å². The molecule has 0 aromatic heterocycles. The zero-order valence-corrected chi connectivity index (χ0v) is 12.7. The van der Waals surface area contributed by atoms with Gasteiger partial charge in [-0.25, -0.2) is 4.90 Å². The highest BCUT2D eigenvalue weighted by atomic mass is 79.9. The van der Waals surface area contributed by atoms with E-state index in [2.05, 4.69) is 15.9 Å². The highest BCUT2D eigenvalue weighted by Crippen LogP contribution is 2.30. The quantitative estimate of drug-likeness (QED) is 0.619. The Morgan fingerprint density at radius 1 is 0.952 bits per heavy atom. The van der Waals surface area contributed by atoms with Crippen molar-refractivity contribution in [1.82, 2.24) is 0 Å². The Morgan fingerprint density at radius 3 is 2.19 bits per heavy atom. The molecule has 0 spiro atoms. The number of carbonyl (C=O) groups is 3. The van der Waals surface area contributed by atoms with Crippen molar-refractivity contribution in [1.29, 1.82) is 0 Å². The number of nitrogens with zero attached hydrogens (tertiary/aromatic N) is 1. The van der Waals surface area contributed by atoms with Crippen LogP contribution >= 0.6 is 15.9 Å². The van der Waals surface area contributed by atoms with Gasteiger partial charge in [0.25, 0.3) is 11.8 Å². The van der Waals surface area contributed by atoms with Gasteiger partial charge >= 0.3 is 0 Å². The van der Waals surface area contributed by atoms with E-state index in [4.69, 9.17) is 0 Å². The van der Waals surface area contributed by atoms with Gasteiger partial charge in [-0.2, -0.15) is 0 Å². The maximum atomic E-state index is 12.4. The fourth-order valence-corrected chi connectivity index (χ4v) is 2.65. The first kappa shape index (κ1) is 13.7. The number of fused-ring (bicyclic) bond motifs is 1. The Hall–Kier alpha value is -2.27. The lowest BCUT2D eigenvalue weighted by Gasteiger charge is -2.13. The number of imide groups is 1. The van der Waals surface area contributed by atoms with Crippen LogP contribution in [-0.2, 0) is 0 Å². The van der Waals surface area contributed by atoms with Gasteiger partial charge in [-0.05, 0) is 49.4 Å². The van der Waals surface area contributed by atoms with Crippen molar-refractivity contribution in [2.75, 3.05) is 4.90 Å². The highest BCUT2D eigenvalue weighted by molar-refractivity contribution is 9.10. The van der Waals surface area contributed by atoms with E-state index >= 15 is 0 Å². The fraction of sp³-hybridized carbons (Fsp3) is 0.0625. The summed E-state index contributed by atoms with van der Waals surface area (Å²) < 4.78 is 0.746. The van der Waals surface area contributed by atoms with Crippen LogP contribution < -0.4 is 4.90 Å². The third kappa shape index (κ3) is 2.19. The summed E-state index contributed by atoms with van der Waals surface area (Å²) in [6, 6.07) is 11.4. The van der Waals surface area contributed by atoms with E-state index in [0.717, 1.165) is 9.37 Å². The van der Waals surface area contributed by atoms with Crippen LogP contribution in [0.5, 0.6) is 0 Å². The van der Waals surface area contributed by atoms with Crippen LogP contribution in [0.25, 0.3) is 0 Å². The molecule has 0 saturated carbocycles. The fourth-order valence-electron chi connectivity index (χ4n) is 2.29. The number of benzene rings is 2. The van der Waals surface area contributed by atoms with Crippen molar-refractivity contribution < 1.29 is 14.4 Å². The van der Waals surface area contributed by atoms with E-state index in [0.29, 0.717) is 22.4 Å². The second kappa shape index (κ2) is 4.93. The Kier molecular flexibility index (Phi) is 3.22. The number of ketones is 1. The molecule has 21 heavy (non-hydrogen) atoms. The minimum Gasteiger partial charge on any atom is -0.295 e. The van der Waals surface area contributed by atoms with Crippen LogP contribution in [0.4, 0.5) is 5.69 Å². The van der Waals surface area contributed by atoms with Crippen molar-refractivity contribution in [3.63, 3.8) is 0 Å². The maximum absolute atomic E-state index is 12.4. The molecule has 2 aromatic carbocycles. The van der Waals surface area contributed by atoms with E-state index in [-0.39, 0.29) is 17.6 Å². The van der Waals surface area contributed by atoms with Crippen molar-refractivity contribution in [2.24, 2.45) is 0 Å². The van der Waals surface area contributed by atoms with Gasteiger partial charge in [-0.3, -0.25) is 14.4 Å². The molecule has 0 aliphatic carbocycles. The standard InChI is InChI=1S/C16H10BrNO3/c1-9(19)10-2-5-12(6-3-10)18-15(20)13-7-4-11(17)8-14(13)16(18)21/h2-8H,1H3. The van der Waals surface area contributed by atoms with Crippen LogP contribution in [0.15, 0.2) is 46.9 Å². The molecule has 3 rings (SSSR count). The molecule has 0 saturated heterocycles. The summed E-state index contributed by atoms with van der Waals surface area (Å²) in [6.45, 7) is 1.47. The smallest absolute Gasteiger partial charge is 0.266 e. The minimum absolute atomic E-state index is 0.0622. The van der Waals surface area contributed by atoms with Gasteiger partial charge in [0, 0.05) is 10.0 Å². The molecule has 2 aromatic rings. The largest absolute Gasteiger partial charge is 0.295 e. The zero-order valence-electron chi connectivity index (χ0n) is 11.1. The van der Waals surface area contributed by atoms with Gasteiger partial charge in [0.1, 0.15) is 0 Å². The molecule has 104 valence electrons. The number of hydrogen-bond donors (Lipinski definition) is 0. The number of carbonyl (C=O) groups excluding carboxylic acids is 3. The first-order chi connectivity index (χ1) is 9.99. The molecule has 1 aliphatic rings. The summed E-state index contributed by atoms with van der Waals surface area (Å²) in [4.78, 5) is 37.2. The number of rotatable bonds is 2. The predicted molar refractivity (Wildman–Crippen MR) is 81.7 cm³/mol. The van der Waals surface area contributed by atoms with Gasteiger partial charge in [0.2, 0.25) is 0 Å². The summed E-state index contributed by atoms with van der Waals surface area (Å²) >= 11 is 3.29. The number of amides is 2. The summed E-state index contributed by atoms with van der Waals surface area (Å²) in [7, 11) is 0. The molecule has 1 aliphatic heterocycles. The molecular formula is C16H10BrNO3. The summed E-state index contributed by atoms with van der Waals surface area (Å²) in [5.74, 6) is -0.766. The molecule has 5 heteroatoms. The van der Waals surface area contributed by atoms with E-state index in [1.807, 2.05) is 0 Å². The molecule has 0 N–H and O–H groups in total. The second-order valence-corrected chi connectivity index (χ2v) is 5.65. The van der Waals surface area contributed by atoms with Crippen LogP contribution in [-0.4, -0.2) is 17.6 Å². The lowest BCUT2D eigenvalue weighted by molar-refractivity contribution is 0.0925. The molecule has 0 atom stereocenters. The number of hydrogen-bond acceptors (Lipinski definition) is 3. The van der Waals surface area contributed by atoms with Crippen LogP contribution in [0.1, 0.15) is 38.0 Å². The zero-order chi connectivity index (χ0) is 15.1. The second-order valence-electron chi connectivity index (χ2n) is 4.74. The van der Waals surface area contributed by atoms with Crippen molar-refractivity contribution >= 4 is 39.2 Å². The lowest BCUT2D eigenvalue weighted by atomic mass is 10.1. The average Bonchev–Trinajstić information content (AvgIpc) is 2.70. The first-order valence-corrected chi connectivity index (χ1v) is 7.07. The molecule has 0 radical (unpaired) electrons. The molecule has 1 heterocycles. The van der Waals surface area contributed by atoms with E-state index in [1.54, 1.807) is 42.5 Å². The Balaban J connectivity index is 2.03. The number of halogens is 1. The van der Waals surface area contributed by atoms with Crippen LogP contribution in [0, 0.1) is 0 Å². The maximum Gasteiger partial charge on any atom is 0.266 e. The molecule has 2 amide bonds. The normalized spacial score (nSPS) is 13.5. The van der Waals surface area contributed by atoms with Gasteiger partial charge in [-0.1, -0.05) is 15.9 Å². The lowest BCUT2D eigenvalue weighted by Crippen LogP contribution is -2.29. The molecule has 4 nitrogen and oxygen atoms in total. The van der Waals surface area contributed by atoms with Crippen molar-refractivity contribution in [3.05, 3.63) is 63.6 Å². The van der Waals surface area contributed by atoms with Crippen molar-refractivity contribution in [3.8, 4) is 0 Å². The van der Waals surface area contributed by atoms with Crippen LogP contribution in [0.3, 0.4) is 0 Å². The molecule has 0 unspecified atom stereocenters. The van der Waals surface area contributed by atoms with Crippen LogP contribution in [0.2, 0.25) is 0 Å². The minimum atomic E-state index is -0.355. The van der Waals surface area contributed by atoms with E-state index < -0.39 is 0 Å². The molecule has 0 bridgehead atoms. The SMILES string of the molecule is CC(=O)c1ccc(N2C(=O)c3ccc(Br)cc3C2=O)cc1. The summed E-state index contributed by atoms with van der Waals surface area (Å²) in [5.41, 5.74) is 1.77.